The van der Waals surface area contributed by atoms with Crippen molar-refractivity contribution in [1.29, 1.82) is 0 Å². The molecule has 0 fully saturated rings. The van der Waals surface area contributed by atoms with E-state index in [1.54, 1.807) is 18.5 Å². The van der Waals surface area contributed by atoms with E-state index in [9.17, 15) is 8.42 Å². The first-order valence-corrected chi connectivity index (χ1v) is 9.12. The molecule has 2 aromatic heterocycles. The zero-order valence-corrected chi connectivity index (χ0v) is 14.1. The Kier molecular flexibility index (Phi) is 5.49. The van der Waals surface area contributed by atoms with Gasteiger partial charge in [0.1, 0.15) is 0 Å². The van der Waals surface area contributed by atoms with E-state index in [1.807, 2.05) is 36.4 Å². The van der Waals surface area contributed by atoms with Crippen LogP contribution in [0, 0.1) is 0 Å². The summed E-state index contributed by atoms with van der Waals surface area (Å²) in [5, 5.41) is 3.86. The standard InChI is InChI=1S/C16H17N5O3S/c22-25(23,19-11-13-5-2-1-3-6-13)18-10-8-15-20-16(21-24-15)14-7-4-9-17-12-14/h1-7,9,12,18-19H,8,10-11H2. The summed E-state index contributed by atoms with van der Waals surface area (Å²) >= 11 is 0. The Morgan fingerprint density at radius 1 is 1.04 bits per heavy atom. The molecule has 0 atom stereocenters. The molecule has 0 saturated carbocycles. The molecule has 9 heteroatoms. The van der Waals surface area contributed by atoms with E-state index in [0.717, 1.165) is 11.1 Å². The molecule has 130 valence electrons. The van der Waals surface area contributed by atoms with Gasteiger partial charge in [-0.25, -0.2) is 4.72 Å². The van der Waals surface area contributed by atoms with Crippen molar-refractivity contribution in [1.82, 2.24) is 24.6 Å². The lowest BCUT2D eigenvalue weighted by Crippen LogP contribution is -2.37. The molecular formula is C16H17N5O3S. The van der Waals surface area contributed by atoms with Gasteiger partial charge in [-0.1, -0.05) is 35.5 Å². The fourth-order valence-corrected chi connectivity index (χ4v) is 2.92. The lowest BCUT2D eigenvalue weighted by Gasteiger charge is -2.07. The van der Waals surface area contributed by atoms with Crippen molar-refractivity contribution in [2.45, 2.75) is 13.0 Å². The number of hydrogen-bond acceptors (Lipinski definition) is 6. The highest BCUT2D eigenvalue weighted by atomic mass is 32.2. The highest BCUT2D eigenvalue weighted by molar-refractivity contribution is 7.87. The molecule has 0 bridgehead atoms. The van der Waals surface area contributed by atoms with Crippen molar-refractivity contribution >= 4 is 10.2 Å². The molecule has 0 aliphatic rings. The van der Waals surface area contributed by atoms with Gasteiger partial charge in [0.05, 0.1) is 0 Å². The van der Waals surface area contributed by atoms with Crippen molar-refractivity contribution in [2.75, 3.05) is 6.54 Å². The summed E-state index contributed by atoms with van der Waals surface area (Å²) in [6.07, 6.45) is 3.58. The maximum absolute atomic E-state index is 11.9. The number of aromatic nitrogens is 3. The Labute approximate surface area is 145 Å². The second-order valence-electron chi connectivity index (χ2n) is 5.21. The summed E-state index contributed by atoms with van der Waals surface area (Å²) < 4.78 is 33.9. The molecule has 2 heterocycles. The smallest absolute Gasteiger partial charge is 0.277 e. The molecule has 0 spiro atoms. The number of benzene rings is 1. The number of pyridine rings is 1. The minimum atomic E-state index is -3.60. The Morgan fingerprint density at radius 3 is 2.64 bits per heavy atom. The molecule has 0 unspecified atom stereocenters. The van der Waals surface area contributed by atoms with Gasteiger partial charge < -0.3 is 4.52 Å². The van der Waals surface area contributed by atoms with Gasteiger partial charge in [0.2, 0.25) is 11.7 Å². The molecule has 0 amide bonds. The largest absolute Gasteiger partial charge is 0.339 e. The average Bonchev–Trinajstić information content (AvgIpc) is 3.11. The Hall–Kier alpha value is -2.62. The second kappa shape index (κ2) is 7.97. The molecule has 0 radical (unpaired) electrons. The average molecular weight is 359 g/mol. The molecule has 3 rings (SSSR count). The molecule has 0 aliphatic heterocycles. The molecule has 1 aromatic carbocycles. The van der Waals surface area contributed by atoms with Crippen LogP contribution in [-0.4, -0.2) is 30.1 Å². The second-order valence-corrected chi connectivity index (χ2v) is 6.79. The molecule has 2 N–H and O–H groups in total. The predicted molar refractivity (Wildman–Crippen MR) is 91.4 cm³/mol. The first kappa shape index (κ1) is 17.2. The maximum Gasteiger partial charge on any atom is 0.277 e. The van der Waals surface area contributed by atoms with E-state index in [1.165, 1.54) is 0 Å². The van der Waals surface area contributed by atoms with Gasteiger partial charge in [0.15, 0.2) is 0 Å². The summed E-state index contributed by atoms with van der Waals surface area (Å²) in [6.45, 7) is 0.376. The van der Waals surface area contributed by atoms with E-state index >= 15 is 0 Å². The van der Waals surface area contributed by atoms with Gasteiger partial charge in [-0.15, -0.1) is 0 Å². The molecule has 0 saturated heterocycles. The molecular weight excluding hydrogens is 342 g/mol. The Balaban J connectivity index is 1.48. The van der Waals surface area contributed by atoms with Gasteiger partial charge >= 0.3 is 0 Å². The summed E-state index contributed by atoms with van der Waals surface area (Å²) in [5.41, 5.74) is 1.62. The Bertz CT molecular complexity index is 898. The van der Waals surface area contributed by atoms with Crippen molar-refractivity contribution in [3.63, 3.8) is 0 Å². The third-order valence-corrected chi connectivity index (χ3v) is 4.44. The van der Waals surface area contributed by atoms with Crippen LogP contribution in [-0.2, 0) is 23.2 Å². The zero-order chi connectivity index (χ0) is 17.5. The van der Waals surface area contributed by atoms with Gasteiger partial charge in [0.25, 0.3) is 10.2 Å². The van der Waals surface area contributed by atoms with Crippen molar-refractivity contribution < 1.29 is 12.9 Å². The monoisotopic (exact) mass is 359 g/mol. The molecule has 8 nitrogen and oxygen atoms in total. The third kappa shape index (κ3) is 5.18. The molecule has 0 aliphatic carbocycles. The summed E-state index contributed by atoms with van der Waals surface area (Å²) in [5.74, 6) is 0.776. The van der Waals surface area contributed by atoms with E-state index in [2.05, 4.69) is 24.6 Å². The number of nitrogens with zero attached hydrogens (tertiary/aromatic N) is 3. The van der Waals surface area contributed by atoms with Crippen LogP contribution < -0.4 is 9.44 Å². The van der Waals surface area contributed by atoms with Crippen LogP contribution in [0.25, 0.3) is 11.4 Å². The van der Waals surface area contributed by atoms with Crippen LogP contribution in [0.2, 0.25) is 0 Å². The fraction of sp³-hybridized carbons (Fsp3) is 0.188. The van der Waals surface area contributed by atoms with Crippen LogP contribution in [0.3, 0.4) is 0 Å². The predicted octanol–water partition coefficient (Wildman–Crippen LogP) is 1.30. The topological polar surface area (TPSA) is 110 Å². The van der Waals surface area contributed by atoms with Crippen LogP contribution in [0.1, 0.15) is 11.5 Å². The third-order valence-electron chi connectivity index (χ3n) is 3.33. The SMILES string of the molecule is O=S(=O)(NCCc1nc(-c2cccnc2)no1)NCc1ccccc1. The lowest BCUT2D eigenvalue weighted by atomic mass is 10.2. The van der Waals surface area contributed by atoms with Gasteiger partial charge in [-0.3, -0.25) is 4.98 Å². The Morgan fingerprint density at radius 2 is 1.88 bits per heavy atom. The van der Waals surface area contributed by atoms with E-state index in [-0.39, 0.29) is 13.1 Å². The van der Waals surface area contributed by atoms with E-state index in [0.29, 0.717) is 18.1 Å². The van der Waals surface area contributed by atoms with Gasteiger partial charge in [0, 0.05) is 37.5 Å². The van der Waals surface area contributed by atoms with Crippen LogP contribution in [0.15, 0.2) is 59.4 Å². The quantitative estimate of drug-likeness (QED) is 0.627. The number of nitrogens with one attached hydrogen (secondary N) is 2. The normalized spacial score (nSPS) is 11.5. The zero-order valence-electron chi connectivity index (χ0n) is 13.3. The van der Waals surface area contributed by atoms with E-state index in [4.69, 9.17) is 4.52 Å². The van der Waals surface area contributed by atoms with Gasteiger partial charge in [-0.05, 0) is 17.7 Å². The van der Waals surface area contributed by atoms with Gasteiger partial charge in [-0.2, -0.15) is 18.1 Å². The van der Waals surface area contributed by atoms with Crippen molar-refractivity contribution in [3.05, 3.63) is 66.3 Å². The highest BCUT2D eigenvalue weighted by Gasteiger charge is 2.12. The highest BCUT2D eigenvalue weighted by Crippen LogP contribution is 2.13. The summed E-state index contributed by atoms with van der Waals surface area (Å²) in [6, 6.07) is 12.9. The summed E-state index contributed by atoms with van der Waals surface area (Å²) in [7, 11) is -3.60. The maximum atomic E-state index is 11.9. The first-order valence-electron chi connectivity index (χ1n) is 7.63. The van der Waals surface area contributed by atoms with Crippen LogP contribution >= 0.6 is 0 Å². The van der Waals surface area contributed by atoms with Crippen molar-refractivity contribution in [3.8, 4) is 11.4 Å². The fourth-order valence-electron chi connectivity index (χ4n) is 2.09. The van der Waals surface area contributed by atoms with E-state index < -0.39 is 10.2 Å². The number of hydrogen-bond donors (Lipinski definition) is 2. The summed E-state index contributed by atoms with van der Waals surface area (Å²) in [4.78, 5) is 8.21. The minimum Gasteiger partial charge on any atom is -0.339 e. The van der Waals surface area contributed by atoms with Crippen LogP contribution in [0.4, 0.5) is 0 Å². The first-order chi connectivity index (χ1) is 12.1. The van der Waals surface area contributed by atoms with Crippen molar-refractivity contribution in [2.24, 2.45) is 0 Å². The minimum absolute atomic E-state index is 0.152. The molecule has 25 heavy (non-hydrogen) atoms. The van der Waals surface area contributed by atoms with Crippen LogP contribution in [0.5, 0.6) is 0 Å². The lowest BCUT2D eigenvalue weighted by molar-refractivity contribution is 0.379. The number of rotatable bonds is 8. The molecule has 3 aromatic rings.